The van der Waals surface area contributed by atoms with Gasteiger partial charge in [0.2, 0.25) is 0 Å². The number of benzene rings is 1. The van der Waals surface area contributed by atoms with Crippen LogP contribution >= 0.6 is 23.7 Å². The number of hydrogen-bond donors (Lipinski definition) is 2. The first kappa shape index (κ1) is 19.7. The molecule has 1 aromatic heterocycles. The van der Waals surface area contributed by atoms with Gasteiger partial charge >= 0.3 is 0 Å². The standard InChI is InChI=1S/C18H23N3O2S.ClH/c1-23-14-6-4-5-13(9-14)18(7-2-3-8-18)12-20-17(22)15-11-24-16(10-19)21-15;/h4-6,9,11H,2-3,7-8,10,12,19H2,1H3,(H,20,22);1H. The van der Waals surface area contributed by atoms with Crippen LogP contribution in [0.2, 0.25) is 0 Å². The molecule has 5 nitrogen and oxygen atoms in total. The van der Waals surface area contributed by atoms with Crippen LogP contribution in [0.25, 0.3) is 0 Å². The van der Waals surface area contributed by atoms with Gasteiger partial charge in [0.25, 0.3) is 5.91 Å². The Labute approximate surface area is 158 Å². The van der Waals surface area contributed by atoms with Crippen LogP contribution in [0.4, 0.5) is 0 Å². The molecule has 1 fully saturated rings. The number of carbonyl (C=O) groups is 1. The molecule has 1 aromatic carbocycles. The fourth-order valence-electron chi connectivity index (χ4n) is 3.42. The molecule has 0 saturated heterocycles. The summed E-state index contributed by atoms with van der Waals surface area (Å²) in [6.45, 7) is 0.986. The number of hydrogen-bond acceptors (Lipinski definition) is 5. The lowest BCUT2D eigenvalue weighted by molar-refractivity contribution is 0.0938. The predicted octanol–water partition coefficient (Wildman–Crippen LogP) is 3.27. The van der Waals surface area contributed by atoms with Crippen molar-refractivity contribution in [2.24, 2.45) is 5.73 Å². The van der Waals surface area contributed by atoms with Crippen molar-refractivity contribution in [1.29, 1.82) is 0 Å². The summed E-state index contributed by atoms with van der Waals surface area (Å²) in [5.74, 6) is 0.734. The number of halogens is 1. The van der Waals surface area contributed by atoms with Crippen LogP contribution in [0.15, 0.2) is 29.6 Å². The molecule has 25 heavy (non-hydrogen) atoms. The molecule has 1 aliphatic rings. The largest absolute Gasteiger partial charge is 0.497 e. The molecule has 1 amide bonds. The van der Waals surface area contributed by atoms with Crippen molar-refractivity contribution < 1.29 is 9.53 Å². The van der Waals surface area contributed by atoms with Gasteiger partial charge in [0.05, 0.1) is 7.11 Å². The van der Waals surface area contributed by atoms with Gasteiger partial charge in [0, 0.05) is 23.9 Å². The summed E-state index contributed by atoms with van der Waals surface area (Å²) in [6.07, 6.45) is 4.51. The number of nitrogens with one attached hydrogen (secondary N) is 1. The van der Waals surface area contributed by atoms with Gasteiger partial charge < -0.3 is 15.8 Å². The van der Waals surface area contributed by atoms with Crippen molar-refractivity contribution in [2.75, 3.05) is 13.7 Å². The van der Waals surface area contributed by atoms with Crippen molar-refractivity contribution in [1.82, 2.24) is 10.3 Å². The van der Waals surface area contributed by atoms with E-state index in [-0.39, 0.29) is 23.7 Å². The molecule has 0 radical (unpaired) electrons. The van der Waals surface area contributed by atoms with Crippen LogP contribution < -0.4 is 15.8 Å². The highest BCUT2D eigenvalue weighted by Gasteiger charge is 2.36. The Balaban J connectivity index is 0.00000225. The third kappa shape index (κ3) is 4.32. The minimum absolute atomic E-state index is 0. The second kappa shape index (κ2) is 8.65. The Morgan fingerprint density at radius 3 is 2.80 bits per heavy atom. The number of aromatic nitrogens is 1. The number of carbonyl (C=O) groups excluding carboxylic acids is 1. The minimum atomic E-state index is -0.125. The summed E-state index contributed by atoms with van der Waals surface area (Å²) in [7, 11) is 1.68. The average Bonchev–Trinajstić information content (AvgIpc) is 3.30. The zero-order valence-electron chi connectivity index (χ0n) is 14.3. The van der Waals surface area contributed by atoms with E-state index in [0.717, 1.165) is 23.6 Å². The second-order valence-corrected chi connectivity index (χ2v) is 7.18. The first-order valence-electron chi connectivity index (χ1n) is 8.24. The first-order valence-corrected chi connectivity index (χ1v) is 9.12. The summed E-state index contributed by atoms with van der Waals surface area (Å²) < 4.78 is 5.36. The van der Waals surface area contributed by atoms with Crippen molar-refractivity contribution >= 4 is 29.7 Å². The summed E-state index contributed by atoms with van der Waals surface area (Å²) >= 11 is 1.42. The molecule has 3 N–H and O–H groups in total. The molecule has 1 aliphatic carbocycles. The van der Waals surface area contributed by atoms with Crippen LogP contribution in [0, 0.1) is 0 Å². The topological polar surface area (TPSA) is 77.2 Å². The molecule has 2 aromatic rings. The van der Waals surface area contributed by atoms with Gasteiger partial charge in [-0.1, -0.05) is 25.0 Å². The van der Waals surface area contributed by atoms with Crippen LogP contribution in [0.3, 0.4) is 0 Å². The van der Waals surface area contributed by atoms with E-state index in [4.69, 9.17) is 10.5 Å². The summed E-state index contributed by atoms with van der Waals surface area (Å²) in [4.78, 5) is 16.7. The SMILES string of the molecule is COc1cccc(C2(CNC(=O)c3csc(CN)n3)CCCC2)c1.Cl. The third-order valence-corrected chi connectivity index (χ3v) is 5.66. The Morgan fingerprint density at radius 2 is 2.16 bits per heavy atom. The van der Waals surface area contributed by atoms with Crippen molar-refractivity contribution in [3.8, 4) is 5.75 Å². The fourth-order valence-corrected chi connectivity index (χ4v) is 4.08. The number of ether oxygens (including phenoxy) is 1. The van der Waals surface area contributed by atoms with Gasteiger partial charge in [0.15, 0.2) is 0 Å². The Bertz CT molecular complexity index is 714. The number of rotatable bonds is 6. The second-order valence-electron chi connectivity index (χ2n) is 6.23. The maximum absolute atomic E-state index is 12.4. The molecule has 0 atom stereocenters. The van der Waals surface area contributed by atoms with Crippen LogP contribution in [-0.4, -0.2) is 24.5 Å². The first-order chi connectivity index (χ1) is 11.7. The highest BCUT2D eigenvalue weighted by atomic mass is 35.5. The van der Waals surface area contributed by atoms with Crippen LogP contribution in [0.5, 0.6) is 5.75 Å². The predicted molar refractivity (Wildman–Crippen MR) is 103 cm³/mol. The van der Waals surface area contributed by atoms with Gasteiger partial charge in [-0.2, -0.15) is 0 Å². The number of nitrogens with two attached hydrogens (primary N) is 1. The van der Waals surface area contributed by atoms with Gasteiger partial charge in [-0.3, -0.25) is 4.79 Å². The summed E-state index contributed by atoms with van der Waals surface area (Å²) in [6, 6.07) is 8.20. The Hall–Kier alpha value is -1.63. The van der Waals surface area contributed by atoms with E-state index in [1.807, 2.05) is 12.1 Å². The quantitative estimate of drug-likeness (QED) is 0.805. The molecule has 1 saturated carbocycles. The monoisotopic (exact) mass is 381 g/mol. The van der Waals surface area contributed by atoms with Gasteiger partial charge in [-0.05, 0) is 30.5 Å². The molecule has 7 heteroatoms. The maximum atomic E-state index is 12.4. The van der Waals surface area contributed by atoms with E-state index < -0.39 is 0 Å². The molecular weight excluding hydrogens is 358 g/mol. The average molecular weight is 382 g/mol. The van der Waals surface area contributed by atoms with E-state index in [1.54, 1.807) is 12.5 Å². The highest BCUT2D eigenvalue weighted by Crippen LogP contribution is 2.41. The van der Waals surface area contributed by atoms with E-state index in [1.165, 1.54) is 29.7 Å². The molecule has 0 bridgehead atoms. The molecule has 0 unspecified atom stereocenters. The number of amides is 1. The van der Waals surface area contributed by atoms with Crippen molar-refractivity contribution in [3.63, 3.8) is 0 Å². The van der Waals surface area contributed by atoms with E-state index in [2.05, 4.69) is 22.4 Å². The minimum Gasteiger partial charge on any atom is -0.497 e. The normalized spacial score (nSPS) is 15.4. The lowest BCUT2D eigenvalue weighted by atomic mass is 9.78. The lowest BCUT2D eigenvalue weighted by Crippen LogP contribution is -2.39. The van der Waals surface area contributed by atoms with Gasteiger partial charge in [-0.15, -0.1) is 23.7 Å². The highest BCUT2D eigenvalue weighted by molar-refractivity contribution is 7.09. The number of thiazole rings is 1. The maximum Gasteiger partial charge on any atom is 0.270 e. The van der Waals surface area contributed by atoms with Gasteiger partial charge in [0.1, 0.15) is 16.5 Å². The van der Waals surface area contributed by atoms with Crippen molar-refractivity contribution in [2.45, 2.75) is 37.6 Å². The molecule has 0 spiro atoms. The molecule has 1 heterocycles. The van der Waals surface area contributed by atoms with Crippen LogP contribution in [-0.2, 0) is 12.0 Å². The van der Waals surface area contributed by atoms with Crippen molar-refractivity contribution in [3.05, 3.63) is 45.9 Å². The smallest absolute Gasteiger partial charge is 0.270 e. The zero-order chi connectivity index (χ0) is 17.0. The third-order valence-electron chi connectivity index (χ3n) is 4.79. The number of methoxy groups -OCH3 is 1. The lowest BCUT2D eigenvalue weighted by Gasteiger charge is -2.30. The molecule has 3 rings (SSSR count). The van der Waals surface area contributed by atoms with Gasteiger partial charge in [-0.25, -0.2) is 4.98 Å². The van der Waals surface area contributed by atoms with E-state index in [9.17, 15) is 4.79 Å². The number of nitrogens with zero attached hydrogens (tertiary/aromatic N) is 1. The van der Waals surface area contributed by atoms with Crippen LogP contribution in [0.1, 0.15) is 46.7 Å². The molecular formula is C18H24ClN3O2S. The molecule has 0 aliphatic heterocycles. The summed E-state index contributed by atoms with van der Waals surface area (Å²) in [5.41, 5.74) is 7.24. The Kier molecular flexibility index (Phi) is 6.81. The fraction of sp³-hybridized carbons (Fsp3) is 0.444. The van der Waals surface area contributed by atoms with E-state index in [0.29, 0.717) is 18.8 Å². The van der Waals surface area contributed by atoms with E-state index >= 15 is 0 Å². The molecule has 136 valence electrons. The zero-order valence-corrected chi connectivity index (χ0v) is 15.9. The Morgan fingerprint density at radius 1 is 1.40 bits per heavy atom. The summed E-state index contributed by atoms with van der Waals surface area (Å²) in [5, 5.41) is 5.63.